The number of amides is 1. The number of nitro benzene ring substituents is 1. The molecule has 0 aliphatic rings. The van der Waals surface area contributed by atoms with Gasteiger partial charge in [0, 0.05) is 11.8 Å². The third kappa shape index (κ3) is 2.67. The first kappa shape index (κ1) is 11.9. The summed E-state index contributed by atoms with van der Waals surface area (Å²) in [6.07, 6.45) is 0. The van der Waals surface area contributed by atoms with Crippen LogP contribution in [0.5, 0.6) is 0 Å². The van der Waals surface area contributed by atoms with E-state index in [1.165, 1.54) is 12.1 Å². The molecule has 0 aliphatic carbocycles. The molecule has 2 N–H and O–H groups in total. The van der Waals surface area contributed by atoms with Gasteiger partial charge >= 0.3 is 11.9 Å². The Morgan fingerprint density at radius 2 is 2.06 bits per heavy atom. The summed E-state index contributed by atoms with van der Waals surface area (Å²) in [5.74, 6) is -2.96. The maximum absolute atomic E-state index is 10.8. The zero-order valence-electron chi connectivity index (χ0n) is 7.64. The van der Waals surface area contributed by atoms with Crippen molar-refractivity contribution < 1.29 is 19.6 Å². The van der Waals surface area contributed by atoms with Gasteiger partial charge in [-0.15, -0.1) is 0 Å². The lowest BCUT2D eigenvalue weighted by Gasteiger charge is -2.02. The first-order valence-electron chi connectivity index (χ1n) is 3.90. The van der Waals surface area contributed by atoms with Gasteiger partial charge in [-0.25, -0.2) is 4.79 Å². The minimum atomic E-state index is -1.68. The smallest absolute Gasteiger partial charge is 0.394 e. The molecule has 1 amide bonds. The molecule has 0 saturated heterocycles. The monoisotopic (exact) mass is 244 g/mol. The molecule has 0 fully saturated rings. The van der Waals surface area contributed by atoms with Crippen LogP contribution in [0.3, 0.4) is 0 Å². The number of hydrogen-bond acceptors (Lipinski definition) is 4. The number of carboxylic acids is 1. The van der Waals surface area contributed by atoms with E-state index in [4.69, 9.17) is 16.7 Å². The summed E-state index contributed by atoms with van der Waals surface area (Å²) >= 11 is 5.52. The summed E-state index contributed by atoms with van der Waals surface area (Å²) in [6.45, 7) is 0. The number of nitrogens with one attached hydrogen (secondary N) is 1. The second-order valence-corrected chi connectivity index (χ2v) is 3.09. The van der Waals surface area contributed by atoms with Gasteiger partial charge in [-0.1, -0.05) is 11.6 Å². The van der Waals surface area contributed by atoms with E-state index in [1.807, 2.05) is 5.32 Å². The first-order valence-corrected chi connectivity index (χ1v) is 4.28. The first-order chi connectivity index (χ1) is 7.41. The number of carbonyl (C=O) groups is 2. The van der Waals surface area contributed by atoms with Crippen LogP contribution in [0, 0.1) is 10.1 Å². The molecule has 84 valence electrons. The molecule has 0 unspecified atom stereocenters. The lowest BCUT2D eigenvalue weighted by Crippen LogP contribution is -2.21. The maximum Gasteiger partial charge on any atom is 0.394 e. The van der Waals surface area contributed by atoms with Crippen LogP contribution < -0.4 is 5.32 Å². The number of nitrogens with zero attached hydrogens (tertiary/aromatic N) is 1. The SMILES string of the molecule is O=C(O)C(=O)Nc1ccc(Cl)c([N+](=O)[O-])c1. The quantitative estimate of drug-likeness (QED) is 0.462. The van der Waals surface area contributed by atoms with Crippen LogP contribution in [0.25, 0.3) is 0 Å². The molecular weight excluding hydrogens is 240 g/mol. The van der Waals surface area contributed by atoms with Gasteiger partial charge in [-0.3, -0.25) is 14.9 Å². The normalized spacial score (nSPS) is 9.56. The lowest BCUT2D eigenvalue weighted by atomic mass is 10.3. The Labute approximate surface area is 93.8 Å². The van der Waals surface area contributed by atoms with Crippen LogP contribution in [-0.4, -0.2) is 21.9 Å². The van der Waals surface area contributed by atoms with Gasteiger partial charge in [-0.05, 0) is 12.1 Å². The second-order valence-electron chi connectivity index (χ2n) is 2.68. The van der Waals surface area contributed by atoms with Crippen molar-refractivity contribution in [3.8, 4) is 0 Å². The summed E-state index contributed by atoms with van der Waals surface area (Å²) in [5, 5.41) is 20.7. The maximum atomic E-state index is 10.8. The lowest BCUT2D eigenvalue weighted by molar-refractivity contribution is -0.384. The molecule has 0 radical (unpaired) electrons. The zero-order chi connectivity index (χ0) is 12.3. The van der Waals surface area contributed by atoms with Gasteiger partial charge in [0.1, 0.15) is 5.02 Å². The minimum absolute atomic E-state index is 0.0106. The van der Waals surface area contributed by atoms with Gasteiger partial charge in [-0.2, -0.15) is 0 Å². The molecule has 0 aliphatic heterocycles. The van der Waals surface area contributed by atoms with Crippen molar-refractivity contribution in [3.05, 3.63) is 33.3 Å². The number of anilines is 1. The Morgan fingerprint density at radius 1 is 1.44 bits per heavy atom. The Bertz CT molecular complexity index is 473. The number of carboxylic acid groups (broad SMARTS) is 1. The number of rotatable bonds is 2. The van der Waals surface area contributed by atoms with Crippen molar-refractivity contribution >= 4 is 34.9 Å². The van der Waals surface area contributed by atoms with E-state index in [1.54, 1.807) is 0 Å². The topological polar surface area (TPSA) is 110 Å². The molecule has 0 atom stereocenters. The van der Waals surface area contributed by atoms with Crippen LogP contribution >= 0.6 is 11.6 Å². The largest absolute Gasteiger partial charge is 0.474 e. The van der Waals surface area contributed by atoms with Crippen molar-refractivity contribution in [3.63, 3.8) is 0 Å². The van der Waals surface area contributed by atoms with Crippen LogP contribution in [0.2, 0.25) is 5.02 Å². The third-order valence-electron chi connectivity index (χ3n) is 1.59. The highest BCUT2D eigenvalue weighted by Crippen LogP contribution is 2.27. The molecule has 0 aromatic heterocycles. The van der Waals surface area contributed by atoms with Crippen LogP contribution in [0.15, 0.2) is 18.2 Å². The number of benzene rings is 1. The molecule has 7 nitrogen and oxygen atoms in total. The van der Waals surface area contributed by atoms with E-state index in [9.17, 15) is 19.7 Å². The van der Waals surface area contributed by atoms with Crippen LogP contribution in [0.4, 0.5) is 11.4 Å². The predicted molar refractivity (Wildman–Crippen MR) is 54.4 cm³/mol. The summed E-state index contributed by atoms with van der Waals surface area (Å²) in [7, 11) is 0. The molecule has 0 heterocycles. The second kappa shape index (κ2) is 4.58. The highest BCUT2D eigenvalue weighted by Gasteiger charge is 2.16. The third-order valence-corrected chi connectivity index (χ3v) is 1.91. The fourth-order valence-corrected chi connectivity index (χ4v) is 1.10. The molecule has 16 heavy (non-hydrogen) atoms. The summed E-state index contributed by atoms with van der Waals surface area (Å²) in [4.78, 5) is 30.7. The fraction of sp³-hybridized carbons (Fsp3) is 0. The van der Waals surface area contributed by atoms with E-state index in [2.05, 4.69) is 0 Å². The number of hydrogen-bond donors (Lipinski definition) is 2. The molecular formula is C8H5ClN2O5. The number of aliphatic carboxylic acids is 1. The van der Waals surface area contributed by atoms with E-state index in [-0.39, 0.29) is 10.7 Å². The van der Waals surface area contributed by atoms with Crippen molar-refractivity contribution in [2.45, 2.75) is 0 Å². The van der Waals surface area contributed by atoms with Crippen LogP contribution in [0.1, 0.15) is 0 Å². The molecule has 0 saturated carbocycles. The Hall–Kier alpha value is -2.15. The van der Waals surface area contributed by atoms with Crippen molar-refractivity contribution in [2.75, 3.05) is 5.32 Å². The molecule has 1 rings (SSSR count). The highest BCUT2D eigenvalue weighted by atomic mass is 35.5. The van der Waals surface area contributed by atoms with Gasteiger partial charge in [0.15, 0.2) is 0 Å². The standard InChI is InChI=1S/C8H5ClN2O5/c9-5-2-1-4(3-6(5)11(15)16)10-7(12)8(13)14/h1-3H,(H,10,12)(H,13,14). The molecule has 1 aromatic rings. The molecule has 8 heteroatoms. The number of carbonyl (C=O) groups excluding carboxylic acids is 1. The Kier molecular flexibility index (Phi) is 3.41. The molecule has 1 aromatic carbocycles. The fourth-order valence-electron chi connectivity index (χ4n) is 0.915. The van der Waals surface area contributed by atoms with Gasteiger partial charge < -0.3 is 10.4 Å². The Balaban J connectivity index is 3.00. The summed E-state index contributed by atoms with van der Waals surface area (Å²) in [5.41, 5.74) is -0.423. The minimum Gasteiger partial charge on any atom is -0.474 e. The van der Waals surface area contributed by atoms with Gasteiger partial charge in [0.05, 0.1) is 4.92 Å². The van der Waals surface area contributed by atoms with E-state index in [0.717, 1.165) is 6.07 Å². The summed E-state index contributed by atoms with van der Waals surface area (Å²) in [6, 6.07) is 3.43. The van der Waals surface area contributed by atoms with Gasteiger partial charge in [0.2, 0.25) is 0 Å². The average molecular weight is 245 g/mol. The van der Waals surface area contributed by atoms with E-state index >= 15 is 0 Å². The van der Waals surface area contributed by atoms with E-state index in [0.29, 0.717) is 0 Å². The predicted octanol–water partition coefficient (Wildman–Crippen LogP) is 1.27. The number of nitro groups is 1. The highest BCUT2D eigenvalue weighted by molar-refractivity contribution is 6.36. The van der Waals surface area contributed by atoms with Crippen molar-refractivity contribution in [1.29, 1.82) is 0 Å². The zero-order valence-corrected chi connectivity index (χ0v) is 8.39. The average Bonchev–Trinajstić information content (AvgIpc) is 2.20. The van der Waals surface area contributed by atoms with Crippen molar-refractivity contribution in [1.82, 2.24) is 0 Å². The van der Waals surface area contributed by atoms with Crippen LogP contribution in [-0.2, 0) is 9.59 Å². The van der Waals surface area contributed by atoms with E-state index < -0.39 is 22.5 Å². The van der Waals surface area contributed by atoms with Crippen molar-refractivity contribution in [2.24, 2.45) is 0 Å². The van der Waals surface area contributed by atoms with Gasteiger partial charge in [0.25, 0.3) is 5.69 Å². The summed E-state index contributed by atoms with van der Waals surface area (Å²) < 4.78 is 0. The molecule has 0 spiro atoms. The Morgan fingerprint density at radius 3 is 2.56 bits per heavy atom. The molecule has 0 bridgehead atoms. The number of halogens is 1.